The number of pyridine rings is 1. The molecule has 0 saturated carbocycles. The Morgan fingerprint density at radius 3 is 2.71 bits per heavy atom. The molecule has 1 aliphatic heterocycles. The van der Waals surface area contributed by atoms with Gasteiger partial charge in [-0.15, -0.1) is 10.2 Å². The van der Waals surface area contributed by atoms with Crippen molar-refractivity contribution in [1.29, 1.82) is 0 Å². The number of aromatic amines is 1. The van der Waals surface area contributed by atoms with Crippen molar-refractivity contribution in [3.05, 3.63) is 54.9 Å². The van der Waals surface area contributed by atoms with E-state index in [4.69, 9.17) is 0 Å². The number of hydrogen-bond donors (Lipinski definition) is 1. The smallest absolute Gasteiger partial charge is 0.191 e. The van der Waals surface area contributed by atoms with E-state index in [0.29, 0.717) is 0 Å². The van der Waals surface area contributed by atoms with Gasteiger partial charge in [-0.25, -0.2) is 4.98 Å². The Morgan fingerprint density at radius 1 is 1.00 bits per heavy atom. The maximum absolute atomic E-state index is 4.68. The summed E-state index contributed by atoms with van der Waals surface area (Å²) in [6.45, 7) is 5.33. The number of rotatable bonds is 7. The second-order valence-corrected chi connectivity index (χ2v) is 8.90. The van der Waals surface area contributed by atoms with E-state index in [2.05, 4.69) is 64.9 Å². The molecule has 4 heterocycles. The zero-order valence-corrected chi connectivity index (χ0v) is 18.6. The molecule has 31 heavy (non-hydrogen) atoms. The molecule has 160 valence electrons. The van der Waals surface area contributed by atoms with Crippen molar-refractivity contribution in [3.8, 4) is 11.5 Å². The lowest BCUT2D eigenvalue weighted by Gasteiger charge is -2.35. The van der Waals surface area contributed by atoms with Crippen LogP contribution >= 0.6 is 11.8 Å². The Hall–Kier alpha value is -2.84. The van der Waals surface area contributed by atoms with Crippen molar-refractivity contribution >= 4 is 28.4 Å². The van der Waals surface area contributed by atoms with Gasteiger partial charge in [0.25, 0.3) is 0 Å². The Morgan fingerprint density at radius 2 is 1.87 bits per heavy atom. The van der Waals surface area contributed by atoms with E-state index >= 15 is 0 Å². The summed E-state index contributed by atoms with van der Waals surface area (Å²) in [5, 5.41) is 12.2. The summed E-state index contributed by atoms with van der Waals surface area (Å²) in [4.78, 5) is 12.9. The zero-order chi connectivity index (χ0) is 21.0. The average molecular weight is 434 g/mol. The number of hydrogen-bond acceptors (Lipinski definition) is 6. The molecule has 1 fully saturated rings. The summed E-state index contributed by atoms with van der Waals surface area (Å²) in [6.07, 6.45) is 4.98. The van der Waals surface area contributed by atoms with Crippen LogP contribution in [-0.2, 0) is 7.05 Å². The summed E-state index contributed by atoms with van der Waals surface area (Å²) in [5.74, 6) is 3.04. The highest BCUT2D eigenvalue weighted by molar-refractivity contribution is 7.99. The van der Waals surface area contributed by atoms with Crippen molar-refractivity contribution in [2.45, 2.75) is 11.6 Å². The van der Waals surface area contributed by atoms with Crippen molar-refractivity contribution in [1.82, 2.24) is 29.6 Å². The maximum atomic E-state index is 4.68. The number of nitrogens with one attached hydrogen (secondary N) is 1. The summed E-state index contributed by atoms with van der Waals surface area (Å²) < 4.78 is 2.06. The molecule has 0 radical (unpaired) electrons. The zero-order valence-electron chi connectivity index (χ0n) is 17.7. The fourth-order valence-electron chi connectivity index (χ4n) is 4.14. The number of thioether (sulfide) groups is 1. The first kappa shape index (κ1) is 20.1. The summed E-state index contributed by atoms with van der Waals surface area (Å²) in [5.41, 5.74) is 1.00. The molecule has 3 aromatic heterocycles. The van der Waals surface area contributed by atoms with E-state index in [1.807, 2.05) is 31.6 Å². The Bertz CT molecular complexity index is 1120. The van der Waals surface area contributed by atoms with Crippen LogP contribution in [0.25, 0.3) is 22.3 Å². The lowest BCUT2D eigenvalue weighted by atomic mass is 10.1. The molecule has 1 aliphatic rings. The van der Waals surface area contributed by atoms with E-state index in [9.17, 15) is 0 Å². The fraction of sp³-hybridized carbons (Fsp3) is 0.348. The van der Waals surface area contributed by atoms with Crippen LogP contribution in [0.4, 0.5) is 5.82 Å². The van der Waals surface area contributed by atoms with Gasteiger partial charge >= 0.3 is 0 Å². The molecule has 5 rings (SSSR count). The number of aromatic nitrogens is 5. The standard InChI is InChI=1S/C23H27N7S/c1-28-22(20-8-4-10-24-20)26-27-23(28)31-17-5-12-29-13-15-30(16-14-29)21-19-7-3-2-6-18(19)9-11-25-21/h2-4,6-11,24H,5,12-17H2,1H3. The largest absolute Gasteiger partial charge is 0.359 e. The van der Waals surface area contributed by atoms with Crippen LogP contribution in [0.2, 0.25) is 0 Å². The van der Waals surface area contributed by atoms with Crippen molar-refractivity contribution in [3.63, 3.8) is 0 Å². The third-order valence-electron chi connectivity index (χ3n) is 5.85. The van der Waals surface area contributed by atoms with Crippen LogP contribution < -0.4 is 4.90 Å². The first-order valence-electron chi connectivity index (χ1n) is 10.8. The number of H-pyrrole nitrogens is 1. The van der Waals surface area contributed by atoms with Gasteiger partial charge in [0.15, 0.2) is 11.0 Å². The summed E-state index contributed by atoms with van der Waals surface area (Å²) in [7, 11) is 2.03. The second kappa shape index (κ2) is 9.11. The number of anilines is 1. The first-order chi connectivity index (χ1) is 15.3. The van der Waals surface area contributed by atoms with Gasteiger partial charge in [-0.1, -0.05) is 36.0 Å². The van der Waals surface area contributed by atoms with Gasteiger partial charge < -0.3 is 14.5 Å². The molecule has 1 saturated heterocycles. The van der Waals surface area contributed by atoms with Gasteiger partial charge in [-0.3, -0.25) is 4.90 Å². The van der Waals surface area contributed by atoms with Gasteiger partial charge in [0.2, 0.25) is 0 Å². The second-order valence-electron chi connectivity index (χ2n) is 7.84. The van der Waals surface area contributed by atoms with Crippen LogP contribution in [0.5, 0.6) is 0 Å². The van der Waals surface area contributed by atoms with Crippen LogP contribution in [-0.4, -0.2) is 68.1 Å². The fourth-order valence-corrected chi connectivity index (χ4v) is 4.97. The van der Waals surface area contributed by atoms with Crippen LogP contribution in [0, 0.1) is 0 Å². The van der Waals surface area contributed by atoms with E-state index in [0.717, 1.165) is 67.4 Å². The van der Waals surface area contributed by atoms with Gasteiger partial charge in [0, 0.05) is 56.8 Å². The van der Waals surface area contributed by atoms with Crippen molar-refractivity contribution in [2.24, 2.45) is 7.05 Å². The lowest BCUT2D eigenvalue weighted by Crippen LogP contribution is -2.47. The van der Waals surface area contributed by atoms with E-state index < -0.39 is 0 Å². The molecule has 0 atom stereocenters. The van der Waals surface area contributed by atoms with E-state index in [1.54, 1.807) is 11.8 Å². The lowest BCUT2D eigenvalue weighted by molar-refractivity contribution is 0.259. The predicted octanol–water partition coefficient (Wildman–Crippen LogP) is 3.66. The Balaban J connectivity index is 1.10. The molecular formula is C23H27N7S. The molecule has 0 spiro atoms. The molecular weight excluding hydrogens is 406 g/mol. The minimum atomic E-state index is 0.880. The Kier molecular flexibility index (Phi) is 5.90. The van der Waals surface area contributed by atoms with Gasteiger partial charge in [0.1, 0.15) is 5.82 Å². The number of piperazine rings is 1. The summed E-state index contributed by atoms with van der Waals surface area (Å²) in [6, 6.07) is 14.6. The quantitative estimate of drug-likeness (QED) is 0.354. The summed E-state index contributed by atoms with van der Waals surface area (Å²) >= 11 is 1.78. The number of fused-ring (bicyclic) bond motifs is 1. The number of nitrogens with zero attached hydrogens (tertiary/aromatic N) is 6. The minimum Gasteiger partial charge on any atom is -0.359 e. The van der Waals surface area contributed by atoms with Crippen LogP contribution in [0.1, 0.15) is 6.42 Å². The molecule has 4 aromatic rings. The van der Waals surface area contributed by atoms with Gasteiger partial charge in [0.05, 0.1) is 5.69 Å². The normalized spacial score (nSPS) is 15.1. The first-order valence-corrected chi connectivity index (χ1v) is 11.7. The molecule has 1 N–H and O–H groups in total. The third kappa shape index (κ3) is 4.31. The van der Waals surface area contributed by atoms with Gasteiger partial charge in [-0.2, -0.15) is 0 Å². The van der Waals surface area contributed by atoms with Crippen molar-refractivity contribution < 1.29 is 0 Å². The molecule has 0 aliphatic carbocycles. The third-order valence-corrected chi connectivity index (χ3v) is 6.95. The minimum absolute atomic E-state index is 0.880. The maximum Gasteiger partial charge on any atom is 0.191 e. The highest BCUT2D eigenvalue weighted by Crippen LogP contribution is 2.25. The number of benzene rings is 1. The van der Waals surface area contributed by atoms with E-state index in [1.165, 1.54) is 10.8 Å². The molecule has 8 heteroatoms. The topological polar surface area (TPSA) is 65.9 Å². The highest BCUT2D eigenvalue weighted by Gasteiger charge is 2.19. The monoisotopic (exact) mass is 433 g/mol. The molecule has 0 unspecified atom stereocenters. The van der Waals surface area contributed by atoms with Crippen molar-refractivity contribution in [2.75, 3.05) is 43.4 Å². The molecule has 1 aromatic carbocycles. The average Bonchev–Trinajstić information content (AvgIpc) is 3.47. The molecule has 7 nitrogen and oxygen atoms in total. The van der Waals surface area contributed by atoms with Crippen LogP contribution in [0.15, 0.2) is 60.0 Å². The SMILES string of the molecule is Cn1c(SCCCN2CCN(c3nccc4ccccc34)CC2)nnc1-c1ccc[nH]1. The molecule has 0 bridgehead atoms. The van der Waals surface area contributed by atoms with Crippen LogP contribution in [0.3, 0.4) is 0 Å². The van der Waals surface area contributed by atoms with E-state index in [-0.39, 0.29) is 0 Å². The Labute approximate surface area is 186 Å². The highest BCUT2D eigenvalue weighted by atomic mass is 32.2. The van der Waals surface area contributed by atoms with Gasteiger partial charge in [-0.05, 0) is 36.6 Å². The molecule has 0 amide bonds. The predicted molar refractivity (Wildman–Crippen MR) is 127 cm³/mol.